The smallest absolute Gasteiger partial charge is 0.223 e. The molecule has 1 aromatic heterocycles. The van der Waals surface area contributed by atoms with Crippen molar-refractivity contribution in [2.24, 2.45) is 5.92 Å². The number of aromatic hydroxyl groups is 1. The minimum absolute atomic E-state index is 0.00362. The van der Waals surface area contributed by atoms with Gasteiger partial charge in [-0.1, -0.05) is 19.9 Å². The molecule has 8 nitrogen and oxygen atoms in total. The fourth-order valence-corrected chi connectivity index (χ4v) is 3.43. The van der Waals surface area contributed by atoms with Crippen molar-refractivity contribution >= 4 is 5.91 Å². The van der Waals surface area contributed by atoms with Crippen LogP contribution in [0, 0.1) is 5.92 Å². The number of ether oxygens (including phenoxy) is 1. The summed E-state index contributed by atoms with van der Waals surface area (Å²) < 4.78 is 7.62. The number of hydrogen-bond acceptors (Lipinski definition) is 6. The SMILES string of the molecule is CCOc1cc(CN2CCc3nnc(CNC(=O)C(C)CC)n3CC2)ccc1O. The number of nitrogens with one attached hydrogen (secondary N) is 1. The van der Waals surface area contributed by atoms with E-state index in [1.54, 1.807) is 6.07 Å². The highest BCUT2D eigenvalue weighted by Gasteiger charge is 2.20. The predicted molar refractivity (Wildman–Crippen MR) is 110 cm³/mol. The summed E-state index contributed by atoms with van der Waals surface area (Å²) in [6.07, 6.45) is 1.63. The monoisotopic (exact) mass is 401 g/mol. The highest BCUT2D eigenvalue weighted by molar-refractivity contribution is 5.78. The van der Waals surface area contributed by atoms with E-state index in [1.165, 1.54) is 0 Å². The minimum Gasteiger partial charge on any atom is -0.504 e. The lowest BCUT2D eigenvalue weighted by molar-refractivity contribution is -0.124. The Kier molecular flexibility index (Phi) is 7.09. The Morgan fingerprint density at radius 1 is 1.28 bits per heavy atom. The molecule has 1 amide bonds. The van der Waals surface area contributed by atoms with Crippen molar-refractivity contribution in [2.45, 2.75) is 53.2 Å². The molecule has 0 bridgehead atoms. The van der Waals surface area contributed by atoms with Gasteiger partial charge in [0, 0.05) is 38.5 Å². The Balaban J connectivity index is 1.60. The zero-order chi connectivity index (χ0) is 20.8. The predicted octanol–water partition coefficient (Wildman–Crippen LogP) is 2.10. The molecule has 29 heavy (non-hydrogen) atoms. The molecule has 0 aliphatic carbocycles. The third kappa shape index (κ3) is 5.26. The van der Waals surface area contributed by atoms with E-state index in [2.05, 4.69) is 25.0 Å². The number of phenolic OH excluding ortho intramolecular Hbond substituents is 1. The van der Waals surface area contributed by atoms with Gasteiger partial charge in [0.2, 0.25) is 5.91 Å². The average Bonchev–Trinajstić information content (AvgIpc) is 3.00. The maximum Gasteiger partial charge on any atom is 0.223 e. The summed E-state index contributed by atoms with van der Waals surface area (Å²) in [6, 6.07) is 5.52. The van der Waals surface area contributed by atoms with Gasteiger partial charge in [-0.3, -0.25) is 9.69 Å². The van der Waals surface area contributed by atoms with Crippen LogP contribution in [0.4, 0.5) is 0 Å². The van der Waals surface area contributed by atoms with Crippen molar-refractivity contribution in [3.8, 4) is 11.5 Å². The zero-order valence-corrected chi connectivity index (χ0v) is 17.5. The molecule has 0 radical (unpaired) electrons. The van der Waals surface area contributed by atoms with Crippen molar-refractivity contribution in [1.82, 2.24) is 25.0 Å². The lowest BCUT2D eigenvalue weighted by Gasteiger charge is -2.20. The van der Waals surface area contributed by atoms with Crippen molar-refractivity contribution in [3.05, 3.63) is 35.4 Å². The maximum atomic E-state index is 12.1. The topological polar surface area (TPSA) is 92.5 Å². The number of rotatable bonds is 8. The first-order valence-electron chi connectivity index (χ1n) is 10.4. The first-order valence-corrected chi connectivity index (χ1v) is 10.4. The standard InChI is InChI=1S/C21H31N5O3/c1-4-15(3)21(28)22-13-20-24-23-19-8-9-25(10-11-26(19)20)14-16-6-7-17(27)18(12-16)29-5-2/h6-7,12,15,27H,4-5,8-11,13-14H2,1-3H3,(H,22,28). The molecule has 0 saturated carbocycles. The number of hydrogen-bond donors (Lipinski definition) is 2. The molecule has 0 saturated heterocycles. The van der Waals surface area contributed by atoms with Crippen LogP contribution in [0.5, 0.6) is 11.5 Å². The number of nitrogens with zero attached hydrogens (tertiary/aromatic N) is 4. The Morgan fingerprint density at radius 2 is 2.10 bits per heavy atom. The summed E-state index contributed by atoms with van der Waals surface area (Å²) in [5, 5.41) is 21.5. The Hall–Kier alpha value is -2.61. The van der Waals surface area contributed by atoms with E-state index in [-0.39, 0.29) is 17.6 Å². The molecule has 0 spiro atoms. The molecular weight excluding hydrogens is 370 g/mol. The molecule has 2 N–H and O–H groups in total. The Morgan fingerprint density at radius 3 is 2.86 bits per heavy atom. The van der Waals surface area contributed by atoms with E-state index in [0.717, 1.165) is 56.2 Å². The number of amides is 1. The number of benzene rings is 1. The fourth-order valence-electron chi connectivity index (χ4n) is 3.43. The van der Waals surface area contributed by atoms with Gasteiger partial charge in [0.05, 0.1) is 13.2 Å². The van der Waals surface area contributed by atoms with Crippen molar-refractivity contribution in [2.75, 3.05) is 19.7 Å². The molecular formula is C21H31N5O3. The number of carbonyl (C=O) groups excluding carboxylic acids is 1. The molecule has 8 heteroatoms. The quantitative estimate of drug-likeness (QED) is 0.704. The molecule has 1 aliphatic heterocycles. The summed E-state index contributed by atoms with van der Waals surface area (Å²) in [4.78, 5) is 14.4. The maximum absolute atomic E-state index is 12.1. The number of fused-ring (bicyclic) bond motifs is 1. The second-order valence-electron chi connectivity index (χ2n) is 7.47. The van der Waals surface area contributed by atoms with Crippen LogP contribution in [0.3, 0.4) is 0 Å². The van der Waals surface area contributed by atoms with Crippen molar-refractivity contribution in [1.29, 1.82) is 0 Å². The van der Waals surface area contributed by atoms with E-state index in [1.807, 2.05) is 32.9 Å². The number of aromatic nitrogens is 3. The Labute approximate surface area is 171 Å². The lowest BCUT2D eigenvalue weighted by atomic mass is 10.1. The van der Waals surface area contributed by atoms with E-state index < -0.39 is 0 Å². The third-order valence-electron chi connectivity index (χ3n) is 5.41. The van der Waals surface area contributed by atoms with E-state index in [4.69, 9.17) is 4.74 Å². The molecule has 1 aromatic carbocycles. The van der Waals surface area contributed by atoms with Crippen LogP contribution >= 0.6 is 0 Å². The van der Waals surface area contributed by atoms with Crippen LogP contribution in [0.25, 0.3) is 0 Å². The van der Waals surface area contributed by atoms with E-state index in [0.29, 0.717) is 18.9 Å². The van der Waals surface area contributed by atoms with Crippen molar-refractivity contribution < 1.29 is 14.6 Å². The normalized spacial score (nSPS) is 15.4. The highest BCUT2D eigenvalue weighted by atomic mass is 16.5. The van der Waals surface area contributed by atoms with Gasteiger partial charge in [-0.15, -0.1) is 10.2 Å². The molecule has 158 valence electrons. The second kappa shape index (κ2) is 9.73. The molecule has 0 fully saturated rings. The first-order chi connectivity index (χ1) is 14.0. The summed E-state index contributed by atoms with van der Waals surface area (Å²) in [5.41, 5.74) is 1.10. The fraction of sp³-hybridized carbons (Fsp3) is 0.571. The third-order valence-corrected chi connectivity index (χ3v) is 5.41. The number of phenols is 1. The number of carbonyl (C=O) groups is 1. The molecule has 3 rings (SSSR count). The molecule has 1 atom stereocenters. The van der Waals surface area contributed by atoms with Crippen LogP contribution in [-0.2, 0) is 30.8 Å². The molecule has 2 aromatic rings. The van der Waals surface area contributed by atoms with Crippen LogP contribution in [0.15, 0.2) is 18.2 Å². The van der Waals surface area contributed by atoms with Crippen LogP contribution in [0.1, 0.15) is 44.4 Å². The Bertz CT molecular complexity index is 836. The average molecular weight is 402 g/mol. The molecule has 2 heterocycles. The molecule has 1 unspecified atom stereocenters. The minimum atomic E-state index is 0.00362. The molecule has 1 aliphatic rings. The first kappa shape index (κ1) is 21.1. The lowest BCUT2D eigenvalue weighted by Crippen LogP contribution is -2.30. The summed E-state index contributed by atoms with van der Waals surface area (Å²) in [7, 11) is 0. The van der Waals surface area contributed by atoms with E-state index >= 15 is 0 Å². The van der Waals surface area contributed by atoms with Gasteiger partial charge in [-0.25, -0.2) is 0 Å². The summed E-state index contributed by atoms with van der Waals surface area (Å²) in [6.45, 7) is 10.1. The zero-order valence-electron chi connectivity index (χ0n) is 17.5. The largest absolute Gasteiger partial charge is 0.504 e. The highest BCUT2D eigenvalue weighted by Crippen LogP contribution is 2.27. The van der Waals surface area contributed by atoms with Crippen LogP contribution in [0.2, 0.25) is 0 Å². The van der Waals surface area contributed by atoms with Gasteiger partial charge in [0.1, 0.15) is 5.82 Å². The second-order valence-corrected chi connectivity index (χ2v) is 7.47. The summed E-state index contributed by atoms with van der Waals surface area (Å²) in [5.74, 6) is 2.52. The van der Waals surface area contributed by atoms with Crippen molar-refractivity contribution in [3.63, 3.8) is 0 Å². The van der Waals surface area contributed by atoms with E-state index in [9.17, 15) is 9.90 Å². The van der Waals surface area contributed by atoms with Gasteiger partial charge >= 0.3 is 0 Å². The van der Waals surface area contributed by atoms with Crippen LogP contribution in [-0.4, -0.2) is 50.4 Å². The van der Waals surface area contributed by atoms with Gasteiger partial charge in [0.25, 0.3) is 0 Å². The van der Waals surface area contributed by atoms with Gasteiger partial charge in [-0.2, -0.15) is 0 Å². The van der Waals surface area contributed by atoms with Gasteiger partial charge in [0.15, 0.2) is 17.3 Å². The van der Waals surface area contributed by atoms with Gasteiger partial charge in [-0.05, 0) is 31.0 Å². The van der Waals surface area contributed by atoms with Crippen LogP contribution < -0.4 is 10.1 Å². The summed E-state index contributed by atoms with van der Waals surface area (Å²) >= 11 is 0. The van der Waals surface area contributed by atoms with Gasteiger partial charge < -0.3 is 19.7 Å².